The van der Waals surface area contributed by atoms with Gasteiger partial charge in [0.15, 0.2) is 0 Å². The number of anilines is 2. The Labute approximate surface area is 125 Å². The molecule has 5 nitrogen and oxygen atoms in total. The van der Waals surface area contributed by atoms with Crippen LogP contribution in [0.25, 0.3) is 0 Å². The van der Waals surface area contributed by atoms with Crippen LogP contribution in [-0.4, -0.2) is 21.0 Å². The minimum Gasteiger partial charge on any atom is -0.478 e. The molecule has 0 atom stereocenters. The van der Waals surface area contributed by atoms with Crippen LogP contribution in [-0.2, 0) is 0 Å². The second-order valence-electron chi connectivity index (χ2n) is 4.61. The third-order valence-electron chi connectivity index (χ3n) is 2.76. The molecule has 0 saturated carbocycles. The first kappa shape index (κ1) is 14.5. The molecule has 1 heterocycles. The molecule has 1 aromatic heterocycles. The van der Waals surface area contributed by atoms with Crippen molar-refractivity contribution in [3.05, 3.63) is 46.3 Å². The number of carbonyl (C=O) groups is 1. The van der Waals surface area contributed by atoms with Gasteiger partial charge in [-0.3, -0.25) is 0 Å². The van der Waals surface area contributed by atoms with E-state index in [2.05, 4.69) is 45.1 Å². The number of hydrogen-bond donors (Lipinski definition) is 2. The van der Waals surface area contributed by atoms with Crippen molar-refractivity contribution in [1.29, 1.82) is 0 Å². The van der Waals surface area contributed by atoms with E-state index in [9.17, 15) is 4.79 Å². The summed E-state index contributed by atoms with van der Waals surface area (Å²) in [6, 6.07) is 6.67. The summed E-state index contributed by atoms with van der Waals surface area (Å²) in [7, 11) is 0. The van der Waals surface area contributed by atoms with Gasteiger partial charge in [-0.05, 0) is 40.0 Å². The largest absolute Gasteiger partial charge is 0.478 e. The Morgan fingerprint density at radius 3 is 2.65 bits per heavy atom. The summed E-state index contributed by atoms with van der Waals surface area (Å²) < 4.78 is 0.669. The van der Waals surface area contributed by atoms with Crippen LogP contribution in [0.4, 0.5) is 11.5 Å². The maximum Gasteiger partial charge on any atom is 0.335 e. The van der Waals surface area contributed by atoms with Crippen LogP contribution in [0, 0.1) is 0 Å². The highest BCUT2D eigenvalue weighted by molar-refractivity contribution is 9.10. The number of hydrogen-bond acceptors (Lipinski definition) is 4. The van der Waals surface area contributed by atoms with Gasteiger partial charge in [-0.1, -0.05) is 13.8 Å². The van der Waals surface area contributed by atoms with E-state index in [-0.39, 0.29) is 5.56 Å². The molecule has 2 aromatic rings. The molecule has 0 spiro atoms. The monoisotopic (exact) mass is 335 g/mol. The van der Waals surface area contributed by atoms with E-state index in [0.717, 1.165) is 11.4 Å². The van der Waals surface area contributed by atoms with Gasteiger partial charge in [-0.25, -0.2) is 14.8 Å². The average Bonchev–Trinajstić information content (AvgIpc) is 2.41. The fraction of sp³-hybridized carbons (Fsp3) is 0.214. The summed E-state index contributed by atoms with van der Waals surface area (Å²) in [6.07, 6.45) is 1.51. The number of carboxylic acids is 1. The Morgan fingerprint density at radius 1 is 1.30 bits per heavy atom. The Kier molecular flexibility index (Phi) is 4.34. The van der Waals surface area contributed by atoms with E-state index < -0.39 is 5.97 Å². The first-order valence-corrected chi connectivity index (χ1v) is 6.88. The smallest absolute Gasteiger partial charge is 0.335 e. The number of halogens is 1. The van der Waals surface area contributed by atoms with E-state index in [1.807, 2.05) is 6.07 Å². The van der Waals surface area contributed by atoms with E-state index >= 15 is 0 Å². The van der Waals surface area contributed by atoms with Gasteiger partial charge >= 0.3 is 5.97 Å². The maximum atomic E-state index is 10.9. The molecular weight excluding hydrogens is 322 g/mol. The number of nitrogens with one attached hydrogen (secondary N) is 1. The zero-order chi connectivity index (χ0) is 14.7. The quantitative estimate of drug-likeness (QED) is 0.888. The Balaban J connectivity index is 2.26. The molecule has 1 aromatic carbocycles. The van der Waals surface area contributed by atoms with Crippen LogP contribution in [0.2, 0.25) is 0 Å². The van der Waals surface area contributed by atoms with E-state index in [1.165, 1.54) is 6.33 Å². The fourth-order valence-corrected chi connectivity index (χ4v) is 2.12. The highest BCUT2D eigenvalue weighted by Gasteiger charge is 2.08. The summed E-state index contributed by atoms with van der Waals surface area (Å²) in [5.74, 6) is 0.0326. The van der Waals surface area contributed by atoms with Crippen molar-refractivity contribution >= 4 is 33.4 Å². The van der Waals surface area contributed by atoms with Gasteiger partial charge < -0.3 is 10.4 Å². The van der Waals surface area contributed by atoms with E-state index in [1.54, 1.807) is 18.2 Å². The summed E-state index contributed by atoms with van der Waals surface area (Å²) in [4.78, 5) is 19.2. The lowest BCUT2D eigenvalue weighted by Gasteiger charge is -2.10. The maximum absolute atomic E-state index is 10.9. The summed E-state index contributed by atoms with van der Waals surface area (Å²) in [5.41, 5.74) is 1.93. The molecule has 20 heavy (non-hydrogen) atoms. The molecule has 2 N–H and O–H groups in total. The normalized spacial score (nSPS) is 10.6. The fourth-order valence-electron chi connectivity index (χ4n) is 1.64. The molecular formula is C14H14BrN3O2. The molecule has 6 heteroatoms. The van der Waals surface area contributed by atoms with Gasteiger partial charge in [0, 0.05) is 16.2 Å². The van der Waals surface area contributed by atoms with Crippen LogP contribution in [0.15, 0.2) is 35.1 Å². The number of aromatic nitrogens is 2. The van der Waals surface area contributed by atoms with Crippen molar-refractivity contribution in [1.82, 2.24) is 9.97 Å². The van der Waals surface area contributed by atoms with Crippen molar-refractivity contribution < 1.29 is 9.90 Å². The van der Waals surface area contributed by atoms with Crippen molar-refractivity contribution in [3.8, 4) is 0 Å². The second-order valence-corrected chi connectivity index (χ2v) is 5.46. The topological polar surface area (TPSA) is 75.1 Å². The van der Waals surface area contributed by atoms with Gasteiger partial charge in [-0.15, -0.1) is 0 Å². The molecule has 0 amide bonds. The summed E-state index contributed by atoms with van der Waals surface area (Å²) in [6.45, 7) is 4.12. The predicted molar refractivity (Wildman–Crippen MR) is 80.5 cm³/mol. The van der Waals surface area contributed by atoms with Crippen LogP contribution < -0.4 is 5.32 Å². The second kappa shape index (κ2) is 6.00. The van der Waals surface area contributed by atoms with Gasteiger partial charge in [0.2, 0.25) is 0 Å². The lowest BCUT2D eigenvalue weighted by molar-refractivity contribution is 0.0697. The van der Waals surface area contributed by atoms with Crippen molar-refractivity contribution in [3.63, 3.8) is 0 Å². The van der Waals surface area contributed by atoms with Crippen molar-refractivity contribution in [2.24, 2.45) is 0 Å². The van der Waals surface area contributed by atoms with Crippen LogP contribution in [0.5, 0.6) is 0 Å². The number of aromatic carboxylic acids is 1. The molecule has 0 aliphatic heterocycles. The third-order valence-corrected chi connectivity index (χ3v) is 3.41. The standard InChI is InChI=1S/C14H14BrN3O2/c1-8(2)12-6-13(17-7-16-12)18-11-4-3-9(14(19)20)5-10(11)15/h3-8H,1-2H3,(H,19,20)(H,16,17,18). The van der Waals surface area contributed by atoms with Gasteiger partial charge in [0.05, 0.1) is 11.3 Å². The lowest BCUT2D eigenvalue weighted by atomic mass is 10.1. The van der Waals surface area contributed by atoms with Gasteiger partial charge in [0.1, 0.15) is 12.1 Å². The number of nitrogens with zero attached hydrogens (tertiary/aromatic N) is 2. The SMILES string of the molecule is CC(C)c1cc(Nc2ccc(C(=O)O)cc2Br)ncn1. The van der Waals surface area contributed by atoms with Gasteiger partial charge in [-0.2, -0.15) is 0 Å². The molecule has 0 aliphatic carbocycles. The van der Waals surface area contributed by atoms with Crippen molar-refractivity contribution in [2.75, 3.05) is 5.32 Å². The van der Waals surface area contributed by atoms with E-state index in [0.29, 0.717) is 16.2 Å². The molecule has 0 aliphatic rings. The number of carboxylic acid groups (broad SMARTS) is 1. The molecule has 104 valence electrons. The van der Waals surface area contributed by atoms with Crippen LogP contribution in [0.1, 0.15) is 35.8 Å². The molecule has 2 rings (SSSR count). The molecule has 0 bridgehead atoms. The van der Waals surface area contributed by atoms with Gasteiger partial charge in [0.25, 0.3) is 0 Å². The zero-order valence-electron chi connectivity index (χ0n) is 11.1. The third kappa shape index (κ3) is 3.33. The molecule has 0 saturated heterocycles. The molecule has 0 unspecified atom stereocenters. The molecule has 0 radical (unpaired) electrons. The average molecular weight is 336 g/mol. The van der Waals surface area contributed by atoms with Crippen LogP contribution in [0.3, 0.4) is 0 Å². The Hall–Kier alpha value is -1.95. The molecule has 0 fully saturated rings. The minimum atomic E-state index is -0.957. The summed E-state index contributed by atoms with van der Waals surface area (Å²) in [5, 5.41) is 12.1. The van der Waals surface area contributed by atoms with Crippen LogP contribution >= 0.6 is 15.9 Å². The Morgan fingerprint density at radius 2 is 2.05 bits per heavy atom. The number of rotatable bonds is 4. The minimum absolute atomic E-state index is 0.230. The summed E-state index contributed by atoms with van der Waals surface area (Å²) >= 11 is 3.35. The highest BCUT2D eigenvalue weighted by Crippen LogP contribution is 2.27. The van der Waals surface area contributed by atoms with Crippen molar-refractivity contribution in [2.45, 2.75) is 19.8 Å². The highest BCUT2D eigenvalue weighted by atomic mass is 79.9. The lowest BCUT2D eigenvalue weighted by Crippen LogP contribution is -2.01. The predicted octanol–water partition coefficient (Wildman–Crippen LogP) is 3.80. The first-order valence-electron chi connectivity index (χ1n) is 6.09. The zero-order valence-corrected chi connectivity index (χ0v) is 12.7. The Bertz CT molecular complexity index is 644. The first-order chi connectivity index (χ1) is 9.47. The van der Waals surface area contributed by atoms with E-state index in [4.69, 9.17) is 5.11 Å². The number of benzene rings is 1.